The van der Waals surface area contributed by atoms with E-state index in [0.717, 1.165) is 57.2 Å². The fourth-order valence-electron chi connectivity index (χ4n) is 5.13. The van der Waals surface area contributed by atoms with Gasteiger partial charge in [0.25, 0.3) is 5.91 Å². The number of anilines is 1. The Bertz CT molecular complexity index is 867. The lowest BCUT2D eigenvalue weighted by Gasteiger charge is -2.24. The number of fused-ring (bicyclic) bond motifs is 2. The second kappa shape index (κ2) is 6.41. The van der Waals surface area contributed by atoms with Gasteiger partial charge in [0.05, 0.1) is 17.9 Å². The molecule has 1 saturated carbocycles. The molecule has 0 bridgehead atoms. The van der Waals surface area contributed by atoms with Gasteiger partial charge in [0, 0.05) is 17.5 Å². The van der Waals surface area contributed by atoms with Crippen LogP contribution in [0.4, 0.5) is 10.1 Å². The van der Waals surface area contributed by atoms with Crippen molar-refractivity contribution in [2.75, 3.05) is 24.5 Å². The summed E-state index contributed by atoms with van der Waals surface area (Å²) >= 11 is 0. The highest BCUT2D eigenvalue weighted by molar-refractivity contribution is 6.06. The van der Waals surface area contributed by atoms with E-state index in [0.29, 0.717) is 17.9 Å². The molecule has 5 rings (SSSR count). The third-order valence-corrected chi connectivity index (χ3v) is 6.49. The number of hydrogen-bond acceptors (Lipinski definition) is 4. The van der Waals surface area contributed by atoms with Crippen LogP contribution in [0.5, 0.6) is 0 Å². The molecule has 0 unspecified atom stereocenters. The lowest BCUT2D eigenvalue weighted by molar-refractivity contribution is 0.0980. The molecule has 1 aliphatic carbocycles. The van der Waals surface area contributed by atoms with Crippen LogP contribution in [0.1, 0.15) is 60.6 Å². The highest BCUT2D eigenvalue weighted by Gasteiger charge is 2.48. The van der Waals surface area contributed by atoms with E-state index in [2.05, 4.69) is 15.6 Å². The Morgan fingerprint density at radius 3 is 2.78 bits per heavy atom. The predicted octanol–water partition coefficient (Wildman–Crippen LogP) is 2.81. The Kier molecular flexibility index (Phi) is 4.00. The molecule has 1 N–H and O–H groups in total. The van der Waals surface area contributed by atoms with Gasteiger partial charge in [-0.1, -0.05) is 24.1 Å². The van der Waals surface area contributed by atoms with Gasteiger partial charge in [-0.15, -0.1) is 5.10 Å². The van der Waals surface area contributed by atoms with E-state index in [9.17, 15) is 9.18 Å². The van der Waals surface area contributed by atoms with Crippen LogP contribution >= 0.6 is 0 Å². The predicted molar refractivity (Wildman–Crippen MR) is 99.4 cm³/mol. The Balaban J connectivity index is 1.46. The van der Waals surface area contributed by atoms with E-state index in [1.165, 1.54) is 6.07 Å². The van der Waals surface area contributed by atoms with Gasteiger partial charge in [0.1, 0.15) is 5.82 Å². The van der Waals surface area contributed by atoms with Crippen molar-refractivity contribution in [2.24, 2.45) is 0 Å². The summed E-state index contributed by atoms with van der Waals surface area (Å²) in [5, 5.41) is 11.7. The number of hydrogen-bond donors (Lipinski definition) is 1. The molecule has 1 aromatic carbocycles. The molecule has 1 saturated heterocycles. The van der Waals surface area contributed by atoms with Crippen LogP contribution in [-0.2, 0) is 5.41 Å². The van der Waals surface area contributed by atoms with Crippen LogP contribution in [0.15, 0.2) is 24.4 Å². The van der Waals surface area contributed by atoms with Gasteiger partial charge in [-0.25, -0.2) is 9.07 Å². The van der Waals surface area contributed by atoms with Crippen LogP contribution in [0, 0.1) is 5.82 Å². The molecule has 27 heavy (non-hydrogen) atoms. The molecule has 2 aliphatic heterocycles. The topological polar surface area (TPSA) is 63.1 Å². The zero-order chi connectivity index (χ0) is 18.4. The van der Waals surface area contributed by atoms with Gasteiger partial charge < -0.3 is 10.2 Å². The van der Waals surface area contributed by atoms with E-state index in [4.69, 9.17) is 0 Å². The smallest absolute Gasteiger partial charge is 0.280 e. The molecule has 142 valence electrons. The molecule has 3 aliphatic rings. The molecule has 1 aromatic heterocycles. The normalized spacial score (nSPS) is 21.7. The van der Waals surface area contributed by atoms with Crippen molar-refractivity contribution < 1.29 is 9.18 Å². The molecule has 2 aromatic rings. The first-order chi connectivity index (χ1) is 13.2. The SMILES string of the molecule is O=C(c1cn(C2CCNCC2)nn1)N1CC2(CCCC2)c2c(F)cccc21. The number of aromatic nitrogens is 3. The molecular weight excluding hydrogens is 345 g/mol. The van der Waals surface area contributed by atoms with E-state index in [1.54, 1.807) is 17.2 Å². The number of nitrogens with one attached hydrogen (secondary N) is 1. The fraction of sp³-hybridized carbons (Fsp3) is 0.550. The summed E-state index contributed by atoms with van der Waals surface area (Å²) in [6.07, 6.45) is 7.77. The van der Waals surface area contributed by atoms with E-state index >= 15 is 0 Å². The first-order valence-corrected chi connectivity index (χ1v) is 9.91. The number of carbonyl (C=O) groups excluding carboxylic acids is 1. The number of piperidine rings is 1. The lowest BCUT2D eigenvalue weighted by Crippen LogP contribution is -2.36. The number of benzene rings is 1. The summed E-state index contributed by atoms with van der Waals surface area (Å²) in [5.41, 5.74) is 1.54. The Morgan fingerprint density at radius 2 is 2.00 bits per heavy atom. The van der Waals surface area contributed by atoms with Crippen molar-refractivity contribution in [3.8, 4) is 0 Å². The Labute approximate surface area is 157 Å². The highest BCUT2D eigenvalue weighted by Crippen LogP contribution is 2.51. The first kappa shape index (κ1) is 16.9. The van der Waals surface area contributed by atoms with Crippen molar-refractivity contribution in [3.63, 3.8) is 0 Å². The number of carbonyl (C=O) groups is 1. The zero-order valence-electron chi connectivity index (χ0n) is 15.3. The van der Waals surface area contributed by atoms with Crippen LogP contribution in [-0.4, -0.2) is 40.5 Å². The van der Waals surface area contributed by atoms with E-state index in [-0.39, 0.29) is 23.2 Å². The molecule has 2 fully saturated rings. The minimum atomic E-state index is -0.235. The number of rotatable bonds is 2. The summed E-state index contributed by atoms with van der Waals surface area (Å²) < 4.78 is 16.5. The minimum Gasteiger partial charge on any atom is -0.317 e. The van der Waals surface area contributed by atoms with Gasteiger partial charge >= 0.3 is 0 Å². The summed E-state index contributed by atoms with van der Waals surface area (Å²) in [7, 11) is 0. The van der Waals surface area contributed by atoms with Gasteiger partial charge in [-0.2, -0.15) is 0 Å². The van der Waals surface area contributed by atoms with Gasteiger partial charge in [-0.05, 0) is 50.9 Å². The molecule has 1 spiro atoms. The molecule has 1 amide bonds. The monoisotopic (exact) mass is 369 g/mol. The van der Waals surface area contributed by atoms with E-state index < -0.39 is 0 Å². The number of nitrogens with zero attached hydrogens (tertiary/aromatic N) is 4. The number of halogens is 1. The van der Waals surface area contributed by atoms with Gasteiger partial charge in [-0.3, -0.25) is 4.79 Å². The van der Waals surface area contributed by atoms with Crippen LogP contribution < -0.4 is 10.2 Å². The van der Waals surface area contributed by atoms with Crippen LogP contribution in [0.2, 0.25) is 0 Å². The van der Waals surface area contributed by atoms with Gasteiger partial charge in [0.15, 0.2) is 5.69 Å². The summed E-state index contributed by atoms with van der Waals surface area (Å²) in [5.74, 6) is -0.367. The average molecular weight is 369 g/mol. The van der Waals surface area contributed by atoms with Crippen molar-refractivity contribution in [2.45, 2.75) is 50.0 Å². The summed E-state index contributed by atoms with van der Waals surface area (Å²) in [6.45, 7) is 2.45. The lowest BCUT2D eigenvalue weighted by atomic mass is 9.80. The molecule has 3 heterocycles. The summed E-state index contributed by atoms with van der Waals surface area (Å²) in [4.78, 5) is 15.0. The van der Waals surface area contributed by atoms with Gasteiger partial charge in [0.2, 0.25) is 0 Å². The highest BCUT2D eigenvalue weighted by atomic mass is 19.1. The summed E-state index contributed by atoms with van der Waals surface area (Å²) in [6, 6.07) is 5.35. The maximum atomic E-state index is 14.7. The zero-order valence-corrected chi connectivity index (χ0v) is 15.3. The third-order valence-electron chi connectivity index (χ3n) is 6.49. The second-order valence-corrected chi connectivity index (χ2v) is 8.08. The van der Waals surface area contributed by atoms with Crippen molar-refractivity contribution >= 4 is 11.6 Å². The maximum absolute atomic E-state index is 14.7. The maximum Gasteiger partial charge on any atom is 0.280 e. The Morgan fingerprint density at radius 1 is 1.22 bits per heavy atom. The van der Waals surface area contributed by atoms with E-state index in [1.807, 2.05) is 10.7 Å². The molecule has 0 atom stereocenters. The van der Waals surface area contributed by atoms with Crippen LogP contribution in [0.25, 0.3) is 0 Å². The van der Waals surface area contributed by atoms with Crippen LogP contribution in [0.3, 0.4) is 0 Å². The standard InChI is InChI=1S/C20H24FN5O/c21-15-4-3-5-17-18(15)20(8-1-2-9-20)13-25(17)19(27)16-12-26(24-23-16)14-6-10-22-11-7-14/h3-5,12,14,22H,1-2,6-11,13H2. The van der Waals surface area contributed by atoms with Crippen molar-refractivity contribution in [1.29, 1.82) is 0 Å². The quantitative estimate of drug-likeness (QED) is 0.884. The second-order valence-electron chi connectivity index (χ2n) is 8.08. The molecule has 0 radical (unpaired) electrons. The minimum absolute atomic E-state index is 0.175. The molecule has 6 nitrogen and oxygen atoms in total. The molecular formula is C20H24FN5O. The Hall–Kier alpha value is -2.28. The van der Waals surface area contributed by atoms with Crippen molar-refractivity contribution in [3.05, 3.63) is 41.5 Å². The average Bonchev–Trinajstić information content (AvgIpc) is 3.43. The largest absolute Gasteiger partial charge is 0.317 e. The number of amides is 1. The fourth-order valence-corrected chi connectivity index (χ4v) is 5.13. The van der Waals surface area contributed by atoms with Crippen molar-refractivity contribution in [1.82, 2.24) is 20.3 Å². The first-order valence-electron chi connectivity index (χ1n) is 9.91. The molecule has 7 heteroatoms. The third kappa shape index (κ3) is 2.67.